The maximum Gasteiger partial charge on any atom is 0.123 e. The maximum absolute atomic E-state index is 13.4. The van der Waals surface area contributed by atoms with Gasteiger partial charge in [0.05, 0.1) is 0 Å². The SMILES string of the molecule is CCCNCC(CC(C)CCC)c1cccc(F)c1. The van der Waals surface area contributed by atoms with Gasteiger partial charge in [-0.3, -0.25) is 0 Å². The summed E-state index contributed by atoms with van der Waals surface area (Å²) in [4.78, 5) is 0. The zero-order valence-corrected chi connectivity index (χ0v) is 12.6. The summed E-state index contributed by atoms with van der Waals surface area (Å²) in [6.45, 7) is 8.68. The Hall–Kier alpha value is -0.890. The van der Waals surface area contributed by atoms with Crippen LogP contribution in [0.3, 0.4) is 0 Å². The molecule has 2 unspecified atom stereocenters. The molecule has 0 aliphatic heterocycles. The van der Waals surface area contributed by atoms with Crippen LogP contribution in [0.5, 0.6) is 0 Å². The second kappa shape index (κ2) is 9.08. The fourth-order valence-electron chi connectivity index (χ4n) is 2.65. The number of halogens is 1. The van der Waals surface area contributed by atoms with Gasteiger partial charge in [-0.25, -0.2) is 4.39 Å². The van der Waals surface area contributed by atoms with Gasteiger partial charge >= 0.3 is 0 Å². The smallest absolute Gasteiger partial charge is 0.123 e. The maximum atomic E-state index is 13.4. The second-order valence-corrected chi connectivity index (χ2v) is 5.59. The van der Waals surface area contributed by atoms with Gasteiger partial charge in [-0.1, -0.05) is 45.7 Å². The number of hydrogen-bond donors (Lipinski definition) is 1. The van der Waals surface area contributed by atoms with Gasteiger partial charge in [0.2, 0.25) is 0 Å². The van der Waals surface area contributed by atoms with E-state index in [4.69, 9.17) is 0 Å². The first-order valence-electron chi connectivity index (χ1n) is 7.63. The second-order valence-electron chi connectivity index (χ2n) is 5.59. The molecular weight excluding hydrogens is 237 g/mol. The predicted octanol–water partition coefficient (Wildman–Crippen LogP) is 4.74. The summed E-state index contributed by atoms with van der Waals surface area (Å²) >= 11 is 0. The number of nitrogens with one attached hydrogen (secondary N) is 1. The molecule has 108 valence electrons. The minimum Gasteiger partial charge on any atom is -0.316 e. The Morgan fingerprint density at radius 3 is 2.63 bits per heavy atom. The van der Waals surface area contributed by atoms with Crippen LogP contribution >= 0.6 is 0 Å². The van der Waals surface area contributed by atoms with Gasteiger partial charge < -0.3 is 5.32 Å². The van der Waals surface area contributed by atoms with E-state index in [2.05, 4.69) is 32.2 Å². The average Bonchev–Trinajstić information content (AvgIpc) is 2.38. The van der Waals surface area contributed by atoms with E-state index in [1.165, 1.54) is 18.9 Å². The Labute approximate surface area is 117 Å². The van der Waals surface area contributed by atoms with Crippen molar-refractivity contribution in [2.24, 2.45) is 5.92 Å². The van der Waals surface area contributed by atoms with E-state index in [-0.39, 0.29) is 5.82 Å². The summed E-state index contributed by atoms with van der Waals surface area (Å²) < 4.78 is 13.4. The van der Waals surface area contributed by atoms with Crippen LogP contribution in [0, 0.1) is 11.7 Å². The molecule has 1 aromatic carbocycles. The van der Waals surface area contributed by atoms with Crippen molar-refractivity contribution in [1.29, 1.82) is 0 Å². The first kappa shape index (κ1) is 16.2. The van der Waals surface area contributed by atoms with Gasteiger partial charge in [0.25, 0.3) is 0 Å². The highest BCUT2D eigenvalue weighted by Gasteiger charge is 2.15. The summed E-state index contributed by atoms with van der Waals surface area (Å²) in [7, 11) is 0. The lowest BCUT2D eigenvalue weighted by Gasteiger charge is -2.22. The Kier molecular flexibility index (Phi) is 7.73. The zero-order valence-electron chi connectivity index (χ0n) is 12.6. The van der Waals surface area contributed by atoms with Crippen LogP contribution in [0.1, 0.15) is 57.9 Å². The highest BCUT2D eigenvalue weighted by Crippen LogP contribution is 2.26. The van der Waals surface area contributed by atoms with Gasteiger partial charge in [-0.2, -0.15) is 0 Å². The third-order valence-corrected chi connectivity index (χ3v) is 3.61. The van der Waals surface area contributed by atoms with Crippen molar-refractivity contribution >= 4 is 0 Å². The van der Waals surface area contributed by atoms with E-state index in [9.17, 15) is 4.39 Å². The molecule has 0 amide bonds. The van der Waals surface area contributed by atoms with Crippen LogP contribution < -0.4 is 5.32 Å². The molecule has 0 bridgehead atoms. The normalized spacial score (nSPS) is 14.3. The molecule has 1 nitrogen and oxygen atoms in total. The van der Waals surface area contributed by atoms with Gasteiger partial charge in [0.1, 0.15) is 5.82 Å². The summed E-state index contributed by atoms with van der Waals surface area (Å²) in [6.07, 6.45) is 4.74. The first-order chi connectivity index (χ1) is 9.17. The molecule has 2 atom stereocenters. The van der Waals surface area contributed by atoms with E-state index in [0.29, 0.717) is 11.8 Å². The molecule has 1 aromatic rings. The molecule has 0 saturated carbocycles. The average molecular weight is 265 g/mol. The molecule has 2 heteroatoms. The van der Waals surface area contributed by atoms with Crippen molar-refractivity contribution in [3.63, 3.8) is 0 Å². The van der Waals surface area contributed by atoms with Crippen LogP contribution in [0.25, 0.3) is 0 Å². The van der Waals surface area contributed by atoms with Crippen molar-refractivity contribution in [3.8, 4) is 0 Å². The molecule has 0 heterocycles. The minimum absolute atomic E-state index is 0.124. The van der Waals surface area contributed by atoms with E-state index in [0.717, 1.165) is 31.5 Å². The number of rotatable bonds is 9. The van der Waals surface area contributed by atoms with Crippen LogP contribution in [-0.4, -0.2) is 13.1 Å². The molecule has 0 aliphatic carbocycles. The highest BCUT2D eigenvalue weighted by atomic mass is 19.1. The third-order valence-electron chi connectivity index (χ3n) is 3.61. The highest BCUT2D eigenvalue weighted by molar-refractivity contribution is 5.21. The molecule has 0 aliphatic rings. The lowest BCUT2D eigenvalue weighted by Crippen LogP contribution is -2.23. The Bertz CT molecular complexity index is 351. The standard InChI is InChI=1S/C17H28FN/c1-4-7-14(3)11-16(13-19-10-5-2)15-8-6-9-17(18)12-15/h6,8-9,12,14,16,19H,4-5,7,10-11,13H2,1-3H3. The monoisotopic (exact) mass is 265 g/mol. The van der Waals surface area contributed by atoms with Crippen molar-refractivity contribution in [2.75, 3.05) is 13.1 Å². The Morgan fingerprint density at radius 1 is 1.21 bits per heavy atom. The molecule has 0 saturated heterocycles. The lowest BCUT2D eigenvalue weighted by molar-refractivity contribution is 0.419. The van der Waals surface area contributed by atoms with Gasteiger partial charge in [-0.15, -0.1) is 0 Å². The topological polar surface area (TPSA) is 12.0 Å². The molecule has 1 rings (SSSR count). The van der Waals surface area contributed by atoms with E-state index in [1.54, 1.807) is 6.07 Å². The fourth-order valence-corrected chi connectivity index (χ4v) is 2.65. The molecule has 19 heavy (non-hydrogen) atoms. The summed E-state index contributed by atoms with van der Waals surface area (Å²) in [6, 6.07) is 7.09. The van der Waals surface area contributed by atoms with E-state index < -0.39 is 0 Å². The largest absolute Gasteiger partial charge is 0.316 e. The molecule has 1 N–H and O–H groups in total. The van der Waals surface area contributed by atoms with Crippen LogP contribution in [-0.2, 0) is 0 Å². The quantitative estimate of drug-likeness (QED) is 0.636. The van der Waals surface area contributed by atoms with Gasteiger partial charge in [0, 0.05) is 6.54 Å². The summed E-state index contributed by atoms with van der Waals surface area (Å²) in [5.74, 6) is 0.992. The lowest BCUT2D eigenvalue weighted by atomic mass is 9.87. The molecule has 0 fully saturated rings. The van der Waals surface area contributed by atoms with Crippen LogP contribution in [0.4, 0.5) is 4.39 Å². The van der Waals surface area contributed by atoms with Crippen molar-refractivity contribution in [3.05, 3.63) is 35.6 Å². The summed E-state index contributed by atoms with van der Waals surface area (Å²) in [5, 5.41) is 3.48. The molecule has 0 aromatic heterocycles. The predicted molar refractivity (Wildman–Crippen MR) is 81.0 cm³/mol. The van der Waals surface area contributed by atoms with Gasteiger partial charge in [-0.05, 0) is 48.9 Å². The first-order valence-corrected chi connectivity index (χ1v) is 7.63. The van der Waals surface area contributed by atoms with E-state index >= 15 is 0 Å². The molecule has 0 spiro atoms. The molecule has 0 radical (unpaired) electrons. The van der Waals surface area contributed by atoms with Crippen molar-refractivity contribution in [1.82, 2.24) is 5.32 Å². The summed E-state index contributed by atoms with van der Waals surface area (Å²) in [5.41, 5.74) is 1.13. The molecular formula is C17H28FN. The van der Waals surface area contributed by atoms with Crippen molar-refractivity contribution in [2.45, 2.75) is 52.4 Å². The third kappa shape index (κ3) is 6.20. The number of benzene rings is 1. The van der Waals surface area contributed by atoms with Crippen molar-refractivity contribution < 1.29 is 4.39 Å². The minimum atomic E-state index is -0.124. The van der Waals surface area contributed by atoms with Gasteiger partial charge in [0.15, 0.2) is 0 Å². The van der Waals surface area contributed by atoms with E-state index in [1.807, 2.05) is 6.07 Å². The zero-order chi connectivity index (χ0) is 14.1. The number of hydrogen-bond acceptors (Lipinski definition) is 1. The fraction of sp³-hybridized carbons (Fsp3) is 0.647. The van der Waals surface area contributed by atoms with Crippen LogP contribution in [0.2, 0.25) is 0 Å². The van der Waals surface area contributed by atoms with Crippen LogP contribution in [0.15, 0.2) is 24.3 Å². The Morgan fingerprint density at radius 2 is 2.00 bits per heavy atom. The Balaban J connectivity index is 2.67.